The molecule has 1 N–H and O–H groups in total. The number of fused-ring (bicyclic) bond motifs is 1. The lowest BCUT2D eigenvalue weighted by atomic mass is 10.00. The number of ether oxygens (including phenoxy) is 2. The van der Waals surface area contributed by atoms with E-state index in [9.17, 15) is 9.59 Å². The van der Waals surface area contributed by atoms with Crippen LogP contribution in [0.25, 0.3) is 0 Å². The molecule has 6 heteroatoms. The van der Waals surface area contributed by atoms with E-state index in [-0.39, 0.29) is 24.3 Å². The maximum absolute atomic E-state index is 13.9. The van der Waals surface area contributed by atoms with Crippen LogP contribution in [0.3, 0.4) is 0 Å². The van der Waals surface area contributed by atoms with Crippen LogP contribution in [0.1, 0.15) is 48.9 Å². The van der Waals surface area contributed by atoms with E-state index >= 15 is 0 Å². The largest absolute Gasteiger partial charge is 0.486 e. The summed E-state index contributed by atoms with van der Waals surface area (Å²) in [5, 5.41) is 3.13. The lowest BCUT2D eigenvalue weighted by Gasteiger charge is -2.33. The predicted octanol–water partition coefficient (Wildman–Crippen LogP) is 5.25. The van der Waals surface area contributed by atoms with Gasteiger partial charge >= 0.3 is 0 Å². The normalized spacial score (nSPS) is 13.9. The van der Waals surface area contributed by atoms with Gasteiger partial charge in [-0.05, 0) is 61.1 Å². The summed E-state index contributed by atoms with van der Waals surface area (Å²) < 4.78 is 11.4. The highest BCUT2D eigenvalue weighted by molar-refractivity contribution is 5.88. The van der Waals surface area contributed by atoms with E-state index in [4.69, 9.17) is 9.47 Å². The summed E-state index contributed by atoms with van der Waals surface area (Å²) in [6, 6.07) is 23.2. The molecule has 0 bridgehead atoms. The van der Waals surface area contributed by atoms with Gasteiger partial charge in [-0.15, -0.1) is 0 Å². The van der Waals surface area contributed by atoms with Crippen LogP contribution in [-0.2, 0) is 29.0 Å². The second kappa shape index (κ2) is 13.1. The van der Waals surface area contributed by atoms with Crippen molar-refractivity contribution < 1.29 is 19.1 Å². The van der Waals surface area contributed by atoms with Gasteiger partial charge in [-0.3, -0.25) is 9.59 Å². The fourth-order valence-electron chi connectivity index (χ4n) is 4.60. The van der Waals surface area contributed by atoms with Gasteiger partial charge in [-0.1, -0.05) is 67.6 Å². The molecule has 6 nitrogen and oxygen atoms in total. The molecule has 200 valence electrons. The minimum absolute atomic E-state index is 0.0221. The van der Waals surface area contributed by atoms with Crippen molar-refractivity contribution in [2.75, 3.05) is 13.2 Å². The molecule has 2 amide bonds. The Bertz CT molecular complexity index is 1230. The molecule has 3 aromatic rings. The first kappa shape index (κ1) is 27.2. The molecule has 4 rings (SSSR count). The van der Waals surface area contributed by atoms with Crippen molar-refractivity contribution in [2.45, 2.75) is 65.1 Å². The molecule has 1 heterocycles. The van der Waals surface area contributed by atoms with E-state index in [1.807, 2.05) is 93.6 Å². The Hall–Kier alpha value is -3.80. The molecule has 0 spiro atoms. The Morgan fingerprint density at radius 3 is 2.37 bits per heavy atom. The SMILES string of the molecule is CC[C@@H](C)NC(=O)[C@H](Cc1ccccc1)N(Cc1ccccc1C)C(=O)CCc1ccc2c(c1)OCCO2. The van der Waals surface area contributed by atoms with Crippen LogP contribution < -0.4 is 14.8 Å². The third-order valence-electron chi connectivity index (χ3n) is 7.11. The minimum atomic E-state index is -0.626. The Balaban J connectivity index is 1.60. The van der Waals surface area contributed by atoms with Crippen molar-refractivity contribution in [1.82, 2.24) is 10.2 Å². The fourth-order valence-corrected chi connectivity index (χ4v) is 4.60. The molecule has 38 heavy (non-hydrogen) atoms. The van der Waals surface area contributed by atoms with Crippen LogP contribution in [0.4, 0.5) is 0 Å². The van der Waals surface area contributed by atoms with E-state index < -0.39 is 6.04 Å². The summed E-state index contributed by atoms with van der Waals surface area (Å²) >= 11 is 0. The van der Waals surface area contributed by atoms with Gasteiger partial charge < -0.3 is 19.7 Å². The number of benzene rings is 3. The van der Waals surface area contributed by atoms with E-state index in [1.165, 1.54) is 0 Å². The van der Waals surface area contributed by atoms with Crippen LogP contribution in [0, 0.1) is 6.92 Å². The number of amides is 2. The number of aryl methyl sites for hydroxylation is 2. The van der Waals surface area contributed by atoms with E-state index in [0.717, 1.165) is 34.4 Å². The van der Waals surface area contributed by atoms with Gasteiger partial charge in [0.15, 0.2) is 11.5 Å². The Morgan fingerprint density at radius 2 is 1.63 bits per heavy atom. The zero-order valence-electron chi connectivity index (χ0n) is 22.6. The highest BCUT2D eigenvalue weighted by atomic mass is 16.6. The molecule has 0 radical (unpaired) electrons. The lowest BCUT2D eigenvalue weighted by molar-refractivity contribution is -0.141. The Labute approximate surface area is 226 Å². The first-order chi connectivity index (χ1) is 18.4. The van der Waals surface area contributed by atoms with Crippen molar-refractivity contribution in [2.24, 2.45) is 0 Å². The summed E-state index contributed by atoms with van der Waals surface area (Å²) in [4.78, 5) is 29.3. The first-order valence-corrected chi connectivity index (χ1v) is 13.5. The average molecular weight is 515 g/mol. The Kier molecular flexibility index (Phi) is 9.41. The van der Waals surface area contributed by atoms with Gasteiger partial charge in [-0.2, -0.15) is 0 Å². The van der Waals surface area contributed by atoms with Crippen LogP contribution in [-0.4, -0.2) is 42.0 Å². The quantitative estimate of drug-likeness (QED) is 0.379. The summed E-state index contributed by atoms with van der Waals surface area (Å²) in [7, 11) is 0. The molecular weight excluding hydrogens is 476 g/mol. The second-order valence-electron chi connectivity index (χ2n) is 9.95. The zero-order chi connectivity index (χ0) is 26.9. The maximum Gasteiger partial charge on any atom is 0.243 e. The van der Waals surface area contributed by atoms with Crippen LogP contribution in [0.15, 0.2) is 72.8 Å². The van der Waals surface area contributed by atoms with Gasteiger partial charge in [0.1, 0.15) is 19.3 Å². The van der Waals surface area contributed by atoms with E-state index in [1.54, 1.807) is 4.90 Å². The third-order valence-corrected chi connectivity index (χ3v) is 7.11. The van der Waals surface area contributed by atoms with E-state index in [0.29, 0.717) is 38.3 Å². The molecule has 0 saturated carbocycles. The van der Waals surface area contributed by atoms with Crippen molar-refractivity contribution in [3.05, 3.63) is 95.1 Å². The molecule has 3 aromatic carbocycles. The topological polar surface area (TPSA) is 67.9 Å². The second-order valence-corrected chi connectivity index (χ2v) is 9.95. The molecule has 0 aliphatic carbocycles. The highest BCUT2D eigenvalue weighted by Gasteiger charge is 2.31. The number of hydrogen-bond acceptors (Lipinski definition) is 4. The average Bonchev–Trinajstić information content (AvgIpc) is 2.94. The molecule has 0 aromatic heterocycles. The van der Waals surface area contributed by atoms with Gasteiger partial charge in [0, 0.05) is 25.4 Å². The molecular formula is C32H38N2O4. The van der Waals surface area contributed by atoms with Gasteiger partial charge in [0.25, 0.3) is 0 Å². The molecule has 0 fully saturated rings. The smallest absolute Gasteiger partial charge is 0.243 e. The molecule has 1 aliphatic rings. The number of hydrogen-bond donors (Lipinski definition) is 1. The number of nitrogens with zero attached hydrogens (tertiary/aromatic N) is 1. The standard InChI is InChI=1S/C32H38N2O4/c1-4-24(3)33-32(36)28(20-25-11-6-5-7-12-25)34(22-27-13-9-8-10-23(27)2)31(35)17-15-26-14-16-29-30(21-26)38-19-18-37-29/h5-14,16,21,24,28H,4,15,17-20,22H2,1-3H3,(H,33,36)/t24-,28+/m1/s1. The summed E-state index contributed by atoms with van der Waals surface area (Å²) in [6.45, 7) is 7.51. The van der Waals surface area contributed by atoms with Crippen molar-refractivity contribution in [3.63, 3.8) is 0 Å². The fraction of sp³-hybridized carbons (Fsp3) is 0.375. The summed E-state index contributed by atoms with van der Waals surface area (Å²) in [6.07, 6.45) is 2.10. The number of rotatable bonds is 11. The van der Waals surface area contributed by atoms with Crippen LogP contribution >= 0.6 is 0 Å². The van der Waals surface area contributed by atoms with Crippen LogP contribution in [0.2, 0.25) is 0 Å². The minimum Gasteiger partial charge on any atom is -0.486 e. The number of nitrogens with one attached hydrogen (secondary N) is 1. The van der Waals surface area contributed by atoms with Crippen molar-refractivity contribution in [1.29, 1.82) is 0 Å². The monoisotopic (exact) mass is 514 g/mol. The molecule has 0 unspecified atom stereocenters. The van der Waals surface area contributed by atoms with E-state index in [2.05, 4.69) is 5.32 Å². The van der Waals surface area contributed by atoms with Gasteiger partial charge in [0.2, 0.25) is 11.8 Å². The maximum atomic E-state index is 13.9. The number of carbonyl (C=O) groups excluding carboxylic acids is 2. The van der Waals surface area contributed by atoms with Gasteiger partial charge in [0.05, 0.1) is 0 Å². The summed E-state index contributed by atoms with van der Waals surface area (Å²) in [5.74, 6) is 1.28. The molecule has 1 aliphatic heterocycles. The molecule has 0 saturated heterocycles. The Morgan fingerprint density at radius 1 is 0.921 bits per heavy atom. The predicted molar refractivity (Wildman–Crippen MR) is 149 cm³/mol. The molecule has 2 atom stereocenters. The zero-order valence-corrected chi connectivity index (χ0v) is 22.6. The summed E-state index contributed by atoms with van der Waals surface area (Å²) in [5.41, 5.74) is 4.15. The highest BCUT2D eigenvalue weighted by Crippen LogP contribution is 2.31. The number of carbonyl (C=O) groups is 2. The third kappa shape index (κ3) is 7.15. The van der Waals surface area contributed by atoms with Crippen molar-refractivity contribution in [3.8, 4) is 11.5 Å². The van der Waals surface area contributed by atoms with Crippen molar-refractivity contribution >= 4 is 11.8 Å². The lowest BCUT2D eigenvalue weighted by Crippen LogP contribution is -2.52. The first-order valence-electron chi connectivity index (χ1n) is 13.5. The van der Waals surface area contributed by atoms with Crippen LogP contribution in [0.5, 0.6) is 11.5 Å². The van der Waals surface area contributed by atoms with Gasteiger partial charge in [-0.25, -0.2) is 0 Å².